The maximum Gasteiger partial charge on any atom is 0.251 e. The Balaban J connectivity index is 1.82. The van der Waals surface area contributed by atoms with Gasteiger partial charge in [0.25, 0.3) is 5.91 Å². The third-order valence-corrected chi connectivity index (χ3v) is 5.49. The van der Waals surface area contributed by atoms with E-state index in [-0.39, 0.29) is 35.9 Å². The van der Waals surface area contributed by atoms with Crippen LogP contribution in [0.3, 0.4) is 0 Å². The molecular weight excluding hydrogens is 414 g/mol. The Morgan fingerprint density at radius 3 is 2.52 bits per heavy atom. The molecule has 0 bridgehead atoms. The topological polar surface area (TPSA) is 104 Å². The summed E-state index contributed by atoms with van der Waals surface area (Å²) >= 11 is 5.79. The van der Waals surface area contributed by atoms with Gasteiger partial charge in [-0.2, -0.15) is 0 Å². The Morgan fingerprint density at radius 1 is 1.10 bits per heavy atom. The van der Waals surface area contributed by atoms with Crippen molar-refractivity contribution in [3.8, 4) is 0 Å². The molecule has 9 heteroatoms. The number of hydrogen-bond acceptors (Lipinski definition) is 4. The van der Waals surface area contributed by atoms with Crippen LogP contribution in [0.2, 0.25) is 5.02 Å². The second-order valence-electron chi connectivity index (χ2n) is 6.08. The zero-order valence-corrected chi connectivity index (χ0v) is 17.2. The van der Waals surface area contributed by atoms with E-state index < -0.39 is 15.9 Å². The highest BCUT2D eigenvalue weighted by atomic mass is 35.5. The highest BCUT2D eigenvalue weighted by Crippen LogP contribution is 2.14. The van der Waals surface area contributed by atoms with Crippen LogP contribution in [0.5, 0.6) is 0 Å². The molecule has 0 atom stereocenters. The number of hydrogen-bond donors (Lipinski definition) is 3. The van der Waals surface area contributed by atoms with E-state index in [9.17, 15) is 18.0 Å². The molecule has 7 nitrogen and oxygen atoms in total. The first-order valence-corrected chi connectivity index (χ1v) is 10.7. The molecule has 0 unspecified atom stereocenters. The van der Waals surface area contributed by atoms with Crippen LogP contribution in [0, 0.1) is 0 Å². The molecule has 2 rings (SSSR count). The quantitative estimate of drug-likeness (QED) is 0.394. The Kier molecular flexibility index (Phi) is 8.38. The van der Waals surface area contributed by atoms with Gasteiger partial charge in [0.2, 0.25) is 15.9 Å². The van der Waals surface area contributed by atoms with E-state index >= 15 is 0 Å². The Labute approximate surface area is 175 Å². The van der Waals surface area contributed by atoms with E-state index in [4.69, 9.17) is 11.6 Å². The predicted molar refractivity (Wildman–Crippen MR) is 113 cm³/mol. The molecule has 0 radical (unpaired) electrons. The van der Waals surface area contributed by atoms with Gasteiger partial charge < -0.3 is 10.6 Å². The Bertz CT molecular complexity index is 975. The third-order valence-electron chi connectivity index (χ3n) is 3.82. The van der Waals surface area contributed by atoms with Gasteiger partial charge in [-0.15, -0.1) is 6.58 Å². The van der Waals surface area contributed by atoms with E-state index in [0.717, 1.165) is 0 Å². The largest absolute Gasteiger partial charge is 0.352 e. The Hall–Kier alpha value is -2.68. The van der Waals surface area contributed by atoms with Crippen LogP contribution < -0.4 is 15.4 Å². The zero-order chi connectivity index (χ0) is 21.3. The summed E-state index contributed by atoms with van der Waals surface area (Å²) in [6, 6.07) is 12.5. The van der Waals surface area contributed by atoms with Crippen molar-refractivity contribution < 1.29 is 18.0 Å². The van der Waals surface area contributed by atoms with Crippen molar-refractivity contribution in [2.75, 3.05) is 18.4 Å². The lowest BCUT2D eigenvalue weighted by Crippen LogP contribution is -2.27. The van der Waals surface area contributed by atoms with Gasteiger partial charge in [-0.05, 0) is 48.9 Å². The summed E-state index contributed by atoms with van der Waals surface area (Å²) < 4.78 is 26.6. The molecule has 29 heavy (non-hydrogen) atoms. The number of anilines is 1. The normalized spacial score (nSPS) is 10.9. The van der Waals surface area contributed by atoms with Crippen LogP contribution in [0.4, 0.5) is 5.69 Å². The van der Waals surface area contributed by atoms with Crippen LogP contribution in [-0.2, 0) is 14.8 Å². The molecule has 0 fully saturated rings. The van der Waals surface area contributed by atoms with Gasteiger partial charge in [0.1, 0.15) is 0 Å². The molecule has 0 aromatic heterocycles. The first-order valence-electron chi connectivity index (χ1n) is 8.86. The molecule has 0 spiro atoms. The second kappa shape index (κ2) is 10.8. The summed E-state index contributed by atoms with van der Waals surface area (Å²) in [5, 5.41) is 6.00. The SMILES string of the molecule is C=CCNS(=O)(=O)c1cccc(C(=O)NCCCC(=O)Nc2ccc(Cl)cc2)c1. The number of sulfonamides is 1. The summed E-state index contributed by atoms with van der Waals surface area (Å²) in [6.45, 7) is 3.83. The molecule has 2 aromatic rings. The summed E-state index contributed by atoms with van der Waals surface area (Å²) in [6.07, 6.45) is 2.09. The summed E-state index contributed by atoms with van der Waals surface area (Å²) in [7, 11) is -3.71. The highest BCUT2D eigenvalue weighted by Gasteiger charge is 2.15. The van der Waals surface area contributed by atoms with Crippen molar-refractivity contribution in [2.45, 2.75) is 17.7 Å². The lowest BCUT2D eigenvalue weighted by Gasteiger charge is -2.09. The maximum atomic E-state index is 12.2. The lowest BCUT2D eigenvalue weighted by atomic mass is 10.2. The number of nitrogens with one attached hydrogen (secondary N) is 3. The minimum absolute atomic E-state index is 0.00524. The molecule has 154 valence electrons. The van der Waals surface area contributed by atoms with E-state index in [1.165, 1.54) is 30.3 Å². The summed E-state index contributed by atoms with van der Waals surface area (Å²) in [5.41, 5.74) is 0.864. The van der Waals surface area contributed by atoms with Gasteiger partial charge in [0, 0.05) is 35.8 Å². The van der Waals surface area contributed by atoms with Crippen molar-refractivity contribution in [3.63, 3.8) is 0 Å². The van der Waals surface area contributed by atoms with Crippen molar-refractivity contribution in [2.24, 2.45) is 0 Å². The van der Waals surface area contributed by atoms with Crippen molar-refractivity contribution >= 4 is 39.1 Å². The number of rotatable bonds is 10. The summed E-state index contributed by atoms with van der Waals surface area (Å²) in [4.78, 5) is 24.2. The van der Waals surface area contributed by atoms with E-state index in [0.29, 0.717) is 17.1 Å². The summed E-state index contributed by atoms with van der Waals surface area (Å²) in [5.74, 6) is -0.591. The van der Waals surface area contributed by atoms with Crippen LogP contribution in [-0.4, -0.2) is 33.3 Å². The fourth-order valence-corrected chi connectivity index (χ4v) is 3.54. The maximum absolute atomic E-state index is 12.2. The lowest BCUT2D eigenvalue weighted by molar-refractivity contribution is -0.116. The third kappa shape index (κ3) is 7.34. The van der Waals surface area contributed by atoms with Crippen LogP contribution >= 0.6 is 11.6 Å². The van der Waals surface area contributed by atoms with Crippen LogP contribution in [0.25, 0.3) is 0 Å². The van der Waals surface area contributed by atoms with Gasteiger partial charge in [-0.3, -0.25) is 9.59 Å². The molecule has 2 amide bonds. The van der Waals surface area contributed by atoms with Crippen molar-refractivity contribution in [1.29, 1.82) is 0 Å². The standard InChI is InChI=1S/C20H22ClN3O4S/c1-2-12-23-29(27,28)18-6-3-5-15(14-18)20(26)22-13-4-7-19(25)24-17-10-8-16(21)9-11-17/h2-3,5-6,8-11,14,23H,1,4,7,12-13H2,(H,22,26)(H,24,25). The average molecular weight is 436 g/mol. The number of carbonyl (C=O) groups is 2. The van der Waals surface area contributed by atoms with Crippen LogP contribution in [0.1, 0.15) is 23.2 Å². The van der Waals surface area contributed by atoms with Crippen molar-refractivity contribution in [3.05, 3.63) is 71.8 Å². The number of carbonyl (C=O) groups excluding carboxylic acids is 2. The van der Waals surface area contributed by atoms with Gasteiger partial charge in [-0.25, -0.2) is 13.1 Å². The minimum atomic E-state index is -3.71. The molecule has 0 aliphatic heterocycles. The molecule has 0 aliphatic rings. The van der Waals surface area contributed by atoms with Gasteiger partial charge in [0.05, 0.1) is 4.90 Å². The number of halogens is 1. The van der Waals surface area contributed by atoms with E-state index in [1.54, 1.807) is 24.3 Å². The van der Waals surface area contributed by atoms with Gasteiger partial charge in [0.15, 0.2) is 0 Å². The minimum Gasteiger partial charge on any atom is -0.352 e. The molecule has 0 heterocycles. The Morgan fingerprint density at radius 2 is 1.83 bits per heavy atom. The highest BCUT2D eigenvalue weighted by molar-refractivity contribution is 7.89. The first-order chi connectivity index (χ1) is 13.8. The number of amides is 2. The average Bonchev–Trinajstić information content (AvgIpc) is 2.71. The fraction of sp³-hybridized carbons (Fsp3) is 0.200. The molecule has 0 saturated heterocycles. The molecule has 2 aromatic carbocycles. The van der Waals surface area contributed by atoms with Crippen LogP contribution in [0.15, 0.2) is 66.1 Å². The molecule has 3 N–H and O–H groups in total. The smallest absolute Gasteiger partial charge is 0.251 e. The molecule has 0 saturated carbocycles. The van der Waals surface area contributed by atoms with E-state index in [2.05, 4.69) is 21.9 Å². The predicted octanol–water partition coefficient (Wildman–Crippen LogP) is 2.95. The van der Waals surface area contributed by atoms with Crippen molar-refractivity contribution in [1.82, 2.24) is 10.0 Å². The number of benzene rings is 2. The van der Waals surface area contributed by atoms with Gasteiger partial charge in [-0.1, -0.05) is 23.7 Å². The second-order valence-corrected chi connectivity index (χ2v) is 8.29. The zero-order valence-electron chi connectivity index (χ0n) is 15.7. The molecular formula is C20H22ClN3O4S. The van der Waals surface area contributed by atoms with E-state index in [1.807, 2.05) is 0 Å². The molecule has 0 aliphatic carbocycles. The van der Waals surface area contributed by atoms with Gasteiger partial charge >= 0.3 is 0 Å². The monoisotopic (exact) mass is 435 g/mol. The fourth-order valence-electron chi connectivity index (χ4n) is 2.37. The first kappa shape index (κ1) is 22.6.